The molecule has 0 atom stereocenters. The maximum atomic E-state index is 11.5. The molecule has 0 unspecified atom stereocenters. The van der Waals surface area contributed by atoms with E-state index in [9.17, 15) is 19.2 Å². The molecule has 0 aliphatic carbocycles. The van der Waals surface area contributed by atoms with Gasteiger partial charge in [-0.2, -0.15) is 0 Å². The number of ether oxygens (including phenoxy) is 1. The molecule has 0 aliphatic heterocycles. The van der Waals surface area contributed by atoms with Crippen molar-refractivity contribution >= 4 is 23.9 Å². The number of hydrogen-bond acceptors (Lipinski definition) is 5. The van der Waals surface area contributed by atoms with Crippen molar-refractivity contribution in [2.45, 2.75) is 59.8 Å². The maximum Gasteiger partial charge on any atom is 0.332 e. The summed E-state index contributed by atoms with van der Waals surface area (Å²) >= 11 is 0. The molecule has 0 spiro atoms. The molecule has 23 heavy (non-hydrogen) atoms. The van der Waals surface area contributed by atoms with Crippen LogP contribution in [0.25, 0.3) is 0 Å². The van der Waals surface area contributed by atoms with E-state index in [0.717, 1.165) is 0 Å². The summed E-state index contributed by atoms with van der Waals surface area (Å²) < 4.78 is 4.67. The highest BCUT2D eigenvalue weighted by Gasteiger charge is 2.20. The third-order valence-corrected chi connectivity index (χ3v) is 2.99. The Morgan fingerprint density at radius 2 is 1.39 bits per heavy atom. The third kappa shape index (κ3) is 9.44. The topological polar surface area (TPSA) is 118 Å². The zero-order valence-corrected chi connectivity index (χ0v) is 14.0. The smallest absolute Gasteiger partial charge is 0.332 e. The fourth-order valence-corrected chi connectivity index (χ4v) is 1.80. The van der Waals surface area contributed by atoms with E-state index in [1.165, 1.54) is 6.92 Å². The number of carboxylic acid groups (broad SMARTS) is 2. The summed E-state index contributed by atoms with van der Waals surface area (Å²) in [6.45, 7) is 6.78. The second-order valence-corrected chi connectivity index (χ2v) is 6.50. The second kappa shape index (κ2) is 9.07. The van der Waals surface area contributed by atoms with Crippen LogP contribution in [0.15, 0.2) is 11.1 Å². The second-order valence-electron chi connectivity index (χ2n) is 6.50. The molecule has 130 valence electrons. The van der Waals surface area contributed by atoms with Crippen LogP contribution < -0.4 is 0 Å². The van der Waals surface area contributed by atoms with Gasteiger partial charge in [0.15, 0.2) is 0 Å². The Morgan fingerprint density at radius 1 is 0.870 bits per heavy atom. The molecule has 0 aliphatic rings. The number of hydrogen-bond donors (Lipinski definition) is 2. The zero-order chi connectivity index (χ0) is 18.2. The lowest BCUT2D eigenvalue weighted by molar-refractivity contribution is -0.161. The minimum Gasteiger partial charge on any atom is -0.478 e. The number of carbonyl (C=O) groups excluding carboxylic acids is 2. The molecule has 0 bridgehead atoms. The van der Waals surface area contributed by atoms with Gasteiger partial charge in [0.2, 0.25) is 0 Å². The van der Waals surface area contributed by atoms with Crippen molar-refractivity contribution in [3.05, 3.63) is 11.1 Å². The lowest BCUT2D eigenvalue weighted by Crippen LogP contribution is -2.18. The molecule has 0 rings (SSSR count). The standard InChI is InChI=1S/C16H24O7/c1-10(14(19)20)11(15(21)22)7-5-6-8-12(17)23-13(18)9-16(2,3)4/h5-9H2,1-4H3,(H,19,20)(H,21,22)/b11-10+. The van der Waals surface area contributed by atoms with E-state index in [1.807, 2.05) is 20.8 Å². The average molecular weight is 328 g/mol. The van der Waals surface area contributed by atoms with E-state index >= 15 is 0 Å². The Bertz CT molecular complexity index is 509. The average Bonchev–Trinajstić information content (AvgIpc) is 2.34. The minimum absolute atomic E-state index is 0.0189. The first-order valence-corrected chi connectivity index (χ1v) is 7.34. The first-order chi connectivity index (χ1) is 10.4. The molecule has 7 heteroatoms. The quantitative estimate of drug-likeness (QED) is 0.304. The zero-order valence-electron chi connectivity index (χ0n) is 14.0. The number of carbonyl (C=O) groups is 4. The molecule has 0 heterocycles. The summed E-state index contributed by atoms with van der Waals surface area (Å²) in [7, 11) is 0. The Labute approximate surface area is 135 Å². The van der Waals surface area contributed by atoms with Gasteiger partial charge in [0.1, 0.15) is 0 Å². The van der Waals surface area contributed by atoms with Crippen LogP contribution in [0.5, 0.6) is 0 Å². The molecule has 2 N–H and O–H groups in total. The van der Waals surface area contributed by atoms with Crippen molar-refractivity contribution < 1.29 is 34.1 Å². The molecule has 0 saturated heterocycles. The highest BCUT2D eigenvalue weighted by molar-refractivity contribution is 5.98. The summed E-state index contributed by atoms with van der Waals surface area (Å²) in [4.78, 5) is 44.7. The van der Waals surface area contributed by atoms with Gasteiger partial charge in [-0.05, 0) is 31.6 Å². The molecule has 0 fully saturated rings. The summed E-state index contributed by atoms with van der Waals surface area (Å²) in [6, 6.07) is 0. The fourth-order valence-electron chi connectivity index (χ4n) is 1.80. The largest absolute Gasteiger partial charge is 0.478 e. The van der Waals surface area contributed by atoms with Crippen LogP contribution in [0.3, 0.4) is 0 Å². The van der Waals surface area contributed by atoms with E-state index in [0.29, 0.717) is 12.8 Å². The van der Waals surface area contributed by atoms with Gasteiger partial charge in [-0.1, -0.05) is 20.8 Å². The third-order valence-electron chi connectivity index (χ3n) is 2.99. The van der Waals surface area contributed by atoms with Gasteiger partial charge in [-0.25, -0.2) is 9.59 Å². The first-order valence-electron chi connectivity index (χ1n) is 7.34. The van der Waals surface area contributed by atoms with Gasteiger partial charge in [0.05, 0.1) is 6.42 Å². The van der Waals surface area contributed by atoms with Crippen molar-refractivity contribution in [3.63, 3.8) is 0 Å². The summed E-state index contributed by atoms with van der Waals surface area (Å²) in [6.07, 6.45) is 0.772. The highest BCUT2D eigenvalue weighted by atomic mass is 16.6. The molecule has 0 aromatic rings. The van der Waals surface area contributed by atoms with Crippen LogP contribution in [-0.4, -0.2) is 34.1 Å². The number of rotatable bonds is 8. The summed E-state index contributed by atoms with van der Waals surface area (Å²) in [5.74, 6) is -3.81. The molecular weight excluding hydrogens is 304 g/mol. The monoisotopic (exact) mass is 328 g/mol. The molecule has 7 nitrogen and oxygen atoms in total. The van der Waals surface area contributed by atoms with Crippen LogP contribution in [0.4, 0.5) is 0 Å². The van der Waals surface area contributed by atoms with Crippen LogP contribution >= 0.6 is 0 Å². The van der Waals surface area contributed by atoms with Gasteiger partial charge in [0.25, 0.3) is 0 Å². The van der Waals surface area contributed by atoms with Crippen LogP contribution in [0, 0.1) is 5.41 Å². The van der Waals surface area contributed by atoms with Gasteiger partial charge < -0.3 is 14.9 Å². The Morgan fingerprint density at radius 3 is 1.83 bits per heavy atom. The number of unbranched alkanes of at least 4 members (excludes halogenated alkanes) is 1. The predicted molar refractivity (Wildman–Crippen MR) is 81.6 cm³/mol. The van der Waals surface area contributed by atoms with Crippen molar-refractivity contribution in [2.75, 3.05) is 0 Å². The molecular formula is C16H24O7. The summed E-state index contributed by atoms with van der Waals surface area (Å²) in [5.41, 5.74) is -0.678. The Kier molecular flexibility index (Phi) is 8.21. The van der Waals surface area contributed by atoms with Crippen molar-refractivity contribution in [1.82, 2.24) is 0 Å². The molecule has 0 radical (unpaired) electrons. The molecule has 0 aromatic heterocycles. The van der Waals surface area contributed by atoms with Crippen LogP contribution in [0.1, 0.15) is 59.8 Å². The predicted octanol–water partition coefficient (Wildman–Crippen LogP) is 2.54. The Balaban J connectivity index is 4.28. The van der Waals surface area contributed by atoms with Crippen molar-refractivity contribution in [3.8, 4) is 0 Å². The fraction of sp³-hybridized carbons (Fsp3) is 0.625. The normalized spacial score (nSPS) is 12.3. The number of carboxylic acids is 2. The maximum absolute atomic E-state index is 11.5. The van der Waals surface area contributed by atoms with E-state index in [4.69, 9.17) is 10.2 Å². The number of aliphatic carboxylic acids is 2. The lowest BCUT2D eigenvalue weighted by atomic mass is 9.92. The van der Waals surface area contributed by atoms with E-state index in [-0.39, 0.29) is 35.8 Å². The van der Waals surface area contributed by atoms with Crippen molar-refractivity contribution in [2.24, 2.45) is 5.41 Å². The Hall–Kier alpha value is -2.18. The summed E-state index contributed by atoms with van der Waals surface area (Å²) in [5, 5.41) is 17.8. The van der Waals surface area contributed by atoms with E-state index < -0.39 is 23.9 Å². The molecule has 0 saturated carbocycles. The van der Waals surface area contributed by atoms with Crippen molar-refractivity contribution in [1.29, 1.82) is 0 Å². The van der Waals surface area contributed by atoms with Gasteiger partial charge >= 0.3 is 23.9 Å². The molecule has 0 amide bonds. The van der Waals surface area contributed by atoms with Gasteiger partial charge in [0, 0.05) is 17.6 Å². The van der Waals surface area contributed by atoms with E-state index in [1.54, 1.807) is 0 Å². The SMILES string of the molecule is C/C(C(=O)O)=C(/CCCCC(=O)OC(=O)CC(C)(C)C)C(=O)O. The minimum atomic E-state index is -1.28. The van der Waals surface area contributed by atoms with E-state index in [2.05, 4.69) is 4.74 Å². The van der Waals surface area contributed by atoms with Crippen LogP contribution in [0.2, 0.25) is 0 Å². The van der Waals surface area contributed by atoms with Crippen LogP contribution in [-0.2, 0) is 23.9 Å². The van der Waals surface area contributed by atoms with Gasteiger partial charge in [-0.3, -0.25) is 9.59 Å². The lowest BCUT2D eigenvalue weighted by Gasteiger charge is -2.15. The number of esters is 2. The molecule has 0 aromatic carbocycles. The highest BCUT2D eigenvalue weighted by Crippen LogP contribution is 2.19. The first kappa shape index (κ1) is 20.8. The van der Waals surface area contributed by atoms with Gasteiger partial charge in [-0.15, -0.1) is 0 Å².